The van der Waals surface area contributed by atoms with Crippen LogP contribution in [0.2, 0.25) is 0 Å². The molecule has 5 nitrogen and oxygen atoms in total. The zero-order valence-electron chi connectivity index (χ0n) is 17.3. The van der Waals surface area contributed by atoms with E-state index >= 15 is 0 Å². The first-order valence-electron chi connectivity index (χ1n) is 10.7. The second-order valence-electron chi connectivity index (χ2n) is 8.36. The highest BCUT2D eigenvalue weighted by Gasteiger charge is 2.32. The predicted octanol–water partition coefficient (Wildman–Crippen LogP) is 5.98. The van der Waals surface area contributed by atoms with Gasteiger partial charge < -0.3 is 14.7 Å². The number of alkyl halides is 2. The highest BCUT2D eigenvalue weighted by molar-refractivity contribution is 9.10. The number of cyclic esters (lactones) is 1. The van der Waals surface area contributed by atoms with Gasteiger partial charge in [0.2, 0.25) is 0 Å². The molecule has 31 heavy (non-hydrogen) atoms. The van der Waals surface area contributed by atoms with Crippen LogP contribution in [-0.4, -0.2) is 41.3 Å². The van der Waals surface area contributed by atoms with Crippen LogP contribution in [0.1, 0.15) is 50.5 Å². The lowest BCUT2D eigenvalue weighted by molar-refractivity contribution is -0.143. The first-order valence-corrected chi connectivity index (χ1v) is 11.5. The summed E-state index contributed by atoms with van der Waals surface area (Å²) in [6, 6.07) is 5.84. The smallest absolute Gasteiger partial charge is 0.410 e. The first kappa shape index (κ1) is 23.7. The van der Waals surface area contributed by atoms with E-state index in [9.17, 15) is 18.4 Å². The number of carboxylic acid groups (broad SMARTS) is 1. The maximum Gasteiger partial charge on any atom is 0.410 e. The summed E-state index contributed by atoms with van der Waals surface area (Å²) < 4.78 is 34.8. The van der Waals surface area contributed by atoms with Crippen LogP contribution in [0.5, 0.6) is 0 Å². The van der Waals surface area contributed by atoms with Gasteiger partial charge in [0.1, 0.15) is 0 Å². The van der Waals surface area contributed by atoms with Crippen molar-refractivity contribution in [3.05, 3.63) is 46.5 Å². The Hall–Kier alpha value is -1.96. The molecule has 1 aliphatic heterocycles. The van der Waals surface area contributed by atoms with Crippen molar-refractivity contribution in [2.45, 2.75) is 56.9 Å². The molecule has 2 fully saturated rings. The van der Waals surface area contributed by atoms with Gasteiger partial charge in [0.15, 0.2) is 0 Å². The summed E-state index contributed by atoms with van der Waals surface area (Å²) in [6.07, 6.45) is 6.61. The number of rotatable bonds is 8. The van der Waals surface area contributed by atoms with Gasteiger partial charge in [-0.15, -0.1) is 0 Å². The summed E-state index contributed by atoms with van der Waals surface area (Å²) in [6.45, 7) is 0.758. The number of carbonyl (C=O) groups excluding carboxylic acids is 1. The van der Waals surface area contributed by atoms with Gasteiger partial charge >= 0.3 is 12.1 Å². The Kier molecular flexibility index (Phi) is 8.08. The van der Waals surface area contributed by atoms with E-state index in [0.29, 0.717) is 36.2 Å². The summed E-state index contributed by atoms with van der Waals surface area (Å²) in [5, 5.41) is 9.12. The second kappa shape index (κ2) is 10.6. The minimum Gasteiger partial charge on any atom is -0.481 e. The fourth-order valence-corrected chi connectivity index (χ4v) is 4.72. The SMILES string of the molecule is O=C(O)C1CCC(CCN2C(=O)OCCC2/C=C/CC(F)(F)c2cccc(Br)c2)CC1. The van der Waals surface area contributed by atoms with Crippen molar-refractivity contribution in [3.8, 4) is 0 Å². The standard InChI is InChI=1S/C23H28BrF2NO4/c24-19-4-1-3-18(15-19)23(25,26)12-2-5-20-11-14-31-22(30)27(20)13-10-16-6-8-17(9-7-16)21(28)29/h1-5,15-17,20H,6-14H2,(H,28,29)/b5-2+. The number of hydrogen-bond acceptors (Lipinski definition) is 3. The third-order valence-electron chi connectivity index (χ3n) is 6.23. The van der Waals surface area contributed by atoms with Crippen molar-refractivity contribution < 1.29 is 28.2 Å². The molecule has 1 saturated heterocycles. The van der Waals surface area contributed by atoms with Gasteiger partial charge in [0, 0.05) is 29.4 Å². The molecule has 0 spiro atoms. The van der Waals surface area contributed by atoms with E-state index < -0.39 is 24.4 Å². The van der Waals surface area contributed by atoms with Crippen LogP contribution in [0.25, 0.3) is 0 Å². The highest BCUT2D eigenvalue weighted by Crippen LogP contribution is 2.34. The van der Waals surface area contributed by atoms with Gasteiger partial charge in [-0.25, -0.2) is 13.6 Å². The number of benzene rings is 1. The maximum atomic E-state index is 14.5. The van der Waals surface area contributed by atoms with Crippen molar-refractivity contribution in [2.24, 2.45) is 11.8 Å². The third kappa shape index (κ3) is 6.51. The number of amides is 1. The van der Waals surface area contributed by atoms with Gasteiger partial charge in [-0.2, -0.15) is 0 Å². The average Bonchev–Trinajstić information content (AvgIpc) is 2.73. The Morgan fingerprint density at radius 1 is 1.26 bits per heavy atom. The fourth-order valence-electron chi connectivity index (χ4n) is 4.33. The molecular formula is C23H28BrF2NO4. The second-order valence-corrected chi connectivity index (χ2v) is 9.27. The van der Waals surface area contributed by atoms with Crippen LogP contribution in [0.3, 0.4) is 0 Å². The number of carbonyl (C=O) groups is 2. The third-order valence-corrected chi connectivity index (χ3v) is 6.72. The lowest BCUT2D eigenvalue weighted by atomic mass is 9.80. The molecule has 1 atom stereocenters. The quantitative estimate of drug-likeness (QED) is 0.446. The van der Waals surface area contributed by atoms with Gasteiger partial charge in [-0.3, -0.25) is 4.79 Å². The van der Waals surface area contributed by atoms with Gasteiger partial charge in [-0.05, 0) is 50.2 Å². The monoisotopic (exact) mass is 499 g/mol. The van der Waals surface area contributed by atoms with E-state index in [1.54, 1.807) is 23.1 Å². The molecule has 1 amide bonds. The number of allylic oxidation sites excluding steroid dienone is 1. The minimum atomic E-state index is -3.00. The Labute approximate surface area is 189 Å². The molecule has 1 aromatic carbocycles. The zero-order chi connectivity index (χ0) is 22.4. The molecule has 1 saturated carbocycles. The van der Waals surface area contributed by atoms with Crippen molar-refractivity contribution in [1.29, 1.82) is 0 Å². The summed E-state index contributed by atoms with van der Waals surface area (Å²) in [5.41, 5.74) is -0.0524. The average molecular weight is 500 g/mol. The molecular weight excluding hydrogens is 472 g/mol. The van der Waals surface area contributed by atoms with Gasteiger partial charge in [0.25, 0.3) is 5.92 Å². The lowest BCUT2D eigenvalue weighted by Gasteiger charge is -2.35. The van der Waals surface area contributed by atoms with E-state index in [0.717, 1.165) is 19.3 Å². The van der Waals surface area contributed by atoms with Crippen molar-refractivity contribution in [2.75, 3.05) is 13.2 Å². The molecule has 1 unspecified atom stereocenters. The van der Waals surface area contributed by atoms with Gasteiger partial charge in [0.05, 0.1) is 18.6 Å². The molecule has 1 aliphatic carbocycles. The number of nitrogens with zero attached hydrogens (tertiary/aromatic N) is 1. The van der Waals surface area contributed by atoms with Crippen LogP contribution >= 0.6 is 15.9 Å². The van der Waals surface area contributed by atoms with Crippen molar-refractivity contribution >= 4 is 28.0 Å². The van der Waals surface area contributed by atoms with Crippen LogP contribution < -0.4 is 0 Å². The Morgan fingerprint density at radius 2 is 2.00 bits per heavy atom. The van der Waals surface area contributed by atoms with Crippen molar-refractivity contribution in [3.63, 3.8) is 0 Å². The summed E-state index contributed by atoms with van der Waals surface area (Å²) in [5.74, 6) is -3.62. The molecule has 2 aliphatic rings. The summed E-state index contributed by atoms with van der Waals surface area (Å²) in [7, 11) is 0. The largest absolute Gasteiger partial charge is 0.481 e. The topological polar surface area (TPSA) is 66.8 Å². The van der Waals surface area contributed by atoms with Crippen LogP contribution in [-0.2, 0) is 15.5 Å². The van der Waals surface area contributed by atoms with E-state index in [1.807, 2.05) is 0 Å². The highest BCUT2D eigenvalue weighted by atomic mass is 79.9. The summed E-state index contributed by atoms with van der Waals surface area (Å²) in [4.78, 5) is 25.0. The Morgan fingerprint density at radius 3 is 2.68 bits per heavy atom. The van der Waals surface area contributed by atoms with Crippen LogP contribution in [0, 0.1) is 11.8 Å². The van der Waals surface area contributed by atoms with Crippen molar-refractivity contribution in [1.82, 2.24) is 4.90 Å². The lowest BCUT2D eigenvalue weighted by Crippen LogP contribution is -2.45. The molecule has 0 radical (unpaired) electrons. The predicted molar refractivity (Wildman–Crippen MR) is 116 cm³/mol. The fraction of sp³-hybridized carbons (Fsp3) is 0.565. The molecule has 3 rings (SSSR count). The molecule has 0 aromatic heterocycles. The minimum absolute atomic E-state index is 0.0524. The van der Waals surface area contributed by atoms with E-state index in [-0.39, 0.29) is 24.1 Å². The number of carboxylic acids is 1. The molecule has 1 heterocycles. The van der Waals surface area contributed by atoms with E-state index in [1.165, 1.54) is 18.2 Å². The molecule has 1 aromatic rings. The molecule has 0 bridgehead atoms. The van der Waals surface area contributed by atoms with Crippen LogP contribution in [0.4, 0.5) is 13.6 Å². The molecule has 1 N–H and O–H groups in total. The first-order chi connectivity index (χ1) is 14.8. The number of hydrogen-bond donors (Lipinski definition) is 1. The van der Waals surface area contributed by atoms with Crippen LogP contribution in [0.15, 0.2) is 40.9 Å². The molecule has 170 valence electrons. The normalized spacial score (nSPS) is 24.9. The molecule has 8 heteroatoms. The Bertz CT molecular complexity index is 809. The number of aliphatic carboxylic acids is 1. The maximum absolute atomic E-state index is 14.5. The van der Waals surface area contributed by atoms with E-state index in [4.69, 9.17) is 9.84 Å². The Balaban J connectivity index is 1.55. The van der Waals surface area contributed by atoms with E-state index in [2.05, 4.69) is 15.9 Å². The summed E-state index contributed by atoms with van der Waals surface area (Å²) >= 11 is 3.22. The number of halogens is 3. The number of ether oxygens (including phenoxy) is 1. The van der Waals surface area contributed by atoms with Gasteiger partial charge in [-0.1, -0.05) is 40.2 Å². The zero-order valence-corrected chi connectivity index (χ0v) is 18.9.